The second-order valence-electron chi connectivity index (χ2n) is 6.29. The Bertz CT molecular complexity index is 406. The molecule has 2 saturated heterocycles. The Morgan fingerprint density at radius 3 is 2.38 bits per heavy atom. The Hall–Kier alpha value is -1.34. The van der Waals surface area contributed by atoms with E-state index >= 15 is 0 Å². The molecule has 0 aromatic rings. The molecule has 0 spiro atoms. The number of carboxylic acids is 1. The van der Waals surface area contributed by atoms with E-state index in [2.05, 4.69) is 0 Å². The number of morpholine rings is 1. The zero-order valence-corrected chi connectivity index (χ0v) is 12.6. The van der Waals surface area contributed by atoms with Crippen molar-refractivity contribution in [2.75, 3.05) is 32.8 Å². The Morgan fingerprint density at radius 1 is 1.24 bits per heavy atom. The summed E-state index contributed by atoms with van der Waals surface area (Å²) in [6, 6.07) is -0.0870. The summed E-state index contributed by atoms with van der Waals surface area (Å²) in [7, 11) is 0. The van der Waals surface area contributed by atoms with Crippen molar-refractivity contribution in [3.8, 4) is 0 Å². The Balaban J connectivity index is 1.94. The van der Waals surface area contributed by atoms with Gasteiger partial charge < -0.3 is 24.7 Å². The van der Waals surface area contributed by atoms with Gasteiger partial charge in [0.1, 0.15) is 0 Å². The maximum Gasteiger partial charge on any atom is 0.320 e. The van der Waals surface area contributed by atoms with Crippen molar-refractivity contribution >= 4 is 12.0 Å². The van der Waals surface area contributed by atoms with Crippen LogP contribution in [-0.2, 0) is 9.53 Å². The van der Waals surface area contributed by atoms with Gasteiger partial charge in [0.15, 0.2) is 0 Å². The first-order valence-corrected chi connectivity index (χ1v) is 7.39. The maximum atomic E-state index is 12.5. The molecule has 2 rings (SSSR count). The van der Waals surface area contributed by atoms with Crippen LogP contribution in [0.4, 0.5) is 4.79 Å². The molecule has 0 saturated carbocycles. The van der Waals surface area contributed by atoms with E-state index < -0.39 is 11.4 Å². The number of piperidine rings is 1. The van der Waals surface area contributed by atoms with Crippen LogP contribution in [-0.4, -0.2) is 77.0 Å². The largest absolute Gasteiger partial charge is 0.481 e. The highest BCUT2D eigenvalue weighted by molar-refractivity contribution is 5.77. The summed E-state index contributed by atoms with van der Waals surface area (Å²) in [5.41, 5.74) is -0.733. The molecule has 2 aliphatic heterocycles. The zero-order chi connectivity index (χ0) is 15.6. The van der Waals surface area contributed by atoms with Crippen LogP contribution in [0, 0.1) is 5.41 Å². The first kappa shape index (κ1) is 16.0. The number of carbonyl (C=O) groups excluding carboxylic acids is 1. The summed E-state index contributed by atoms with van der Waals surface area (Å²) in [5, 5.41) is 18.4. The third kappa shape index (κ3) is 3.47. The first-order valence-electron chi connectivity index (χ1n) is 7.39. The van der Waals surface area contributed by atoms with Crippen molar-refractivity contribution < 1.29 is 24.5 Å². The van der Waals surface area contributed by atoms with Crippen molar-refractivity contribution in [1.29, 1.82) is 0 Å². The van der Waals surface area contributed by atoms with Crippen LogP contribution in [0.15, 0.2) is 0 Å². The van der Waals surface area contributed by atoms with Gasteiger partial charge in [-0.1, -0.05) is 0 Å². The van der Waals surface area contributed by atoms with Gasteiger partial charge in [-0.3, -0.25) is 4.79 Å². The van der Waals surface area contributed by atoms with Gasteiger partial charge in [-0.15, -0.1) is 0 Å². The Kier molecular flexibility index (Phi) is 4.73. The highest BCUT2D eigenvalue weighted by Gasteiger charge is 2.39. The van der Waals surface area contributed by atoms with Crippen LogP contribution < -0.4 is 0 Å². The standard InChI is InChI=1S/C14H24N2O5/c1-10-7-16(8-11(9-17)21-10)13(20)15-5-3-14(2,4-6-15)12(18)19/h10-11,17H,3-9H2,1-2H3,(H,18,19). The number of carbonyl (C=O) groups is 2. The number of hydrogen-bond donors (Lipinski definition) is 2. The SMILES string of the molecule is CC1CN(C(=O)N2CCC(C)(C(=O)O)CC2)CC(CO)O1. The van der Waals surface area contributed by atoms with Gasteiger partial charge in [0, 0.05) is 19.6 Å². The molecule has 2 N–H and O–H groups in total. The predicted octanol–water partition coefficient (Wildman–Crippen LogP) is 0.375. The summed E-state index contributed by atoms with van der Waals surface area (Å²) in [6.45, 7) is 5.30. The Morgan fingerprint density at radius 2 is 1.86 bits per heavy atom. The number of ether oxygens (including phenoxy) is 1. The molecule has 2 aliphatic rings. The van der Waals surface area contributed by atoms with Crippen molar-refractivity contribution in [1.82, 2.24) is 9.80 Å². The van der Waals surface area contributed by atoms with E-state index in [4.69, 9.17) is 4.74 Å². The van der Waals surface area contributed by atoms with Gasteiger partial charge in [0.05, 0.1) is 30.8 Å². The van der Waals surface area contributed by atoms with Gasteiger partial charge in [-0.05, 0) is 26.7 Å². The number of nitrogens with zero attached hydrogens (tertiary/aromatic N) is 2. The number of hydrogen-bond acceptors (Lipinski definition) is 4. The number of aliphatic hydroxyl groups is 1. The fourth-order valence-electron chi connectivity index (χ4n) is 2.91. The minimum absolute atomic E-state index is 0.0870. The fourth-order valence-corrected chi connectivity index (χ4v) is 2.91. The van der Waals surface area contributed by atoms with E-state index in [0.29, 0.717) is 39.0 Å². The summed E-state index contributed by atoms with van der Waals surface area (Å²) in [6.07, 6.45) is 0.495. The molecule has 2 heterocycles. The van der Waals surface area contributed by atoms with Crippen LogP contribution in [0.3, 0.4) is 0 Å². The van der Waals surface area contributed by atoms with E-state index in [-0.39, 0.29) is 24.8 Å². The number of amides is 2. The molecule has 21 heavy (non-hydrogen) atoms. The van der Waals surface area contributed by atoms with Crippen LogP contribution in [0.25, 0.3) is 0 Å². The third-order valence-electron chi connectivity index (χ3n) is 4.45. The number of carboxylic acid groups (broad SMARTS) is 1. The number of aliphatic hydroxyl groups excluding tert-OH is 1. The van der Waals surface area contributed by atoms with Crippen molar-refractivity contribution in [3.05, 3.63) is 0 Å². The molecule has 120 valence electrons. The average Bonchev–Trinajstić information content (AvgIpc) is 2.46. The van der Waals surface area contributed by atoms with E-state index in [1.54, 1.807) is 16.7 Å². The van der Waals surface area contributed by atoms with Crippen LogP contribution in [0.5, 0.6) is 0 Å². The third-order valence-corrected chi connectivity index (χ3v) is 4.45. The molecule has 0 radical (unpaired) electrons. The lowest BCUT2D eigenvalue weighted by Crippen LogP contribution is -2.56. The van der Waals surface area contributed by atoms with Crippen LogP contribution in [0.2, 0.25) is 0 Å². The highest BCUT2D eigenvalue weighted by Crippen LogP contribution is 2.31. The van der Waals surface area contributed by atoms with Gasteiger partial charge in [0.2, 0.25) is 0 Å². The molecule has 2 atom stereocenters. The molecule has 2 unspecified atom stereocenters. The van der Waals surface area contributed by atoms with Crippen LogP contribution >= 0.6 is 0 Å². The second kappa shape index (κ2) is 6.19. The normalized spacial score (nSPS) is 29.3. The zero-order valence-electron chi connectivity index (χ0n) is 12.6. The molecular weight excluding hydrogens is 276 g/mol. The molecule has 0 aromatic carbocycles. The molecule has 2 amide bonds. The summed E-state index contributed by atoms with van der Waals surface area (Å²) >= 11 is 0. The number of rotatable bonds is 2. The number of urea groups is 1. The predicted molar refractivity (Wildman–Crippen MR) is 74.9 cm³/mol. The van der Waals surface area contributed by atoms with Gasteiger partial charge in [-0.2, -0.15) is 0 Å². The summed E-state index contributed by atoms with van der Waals surface area (Å²) in [4.78, 5) is 27.1. The molecule has 7 heteroatoms. The topological polar surface area (TPSA) is 90.3 Å². The molecule has 7 nitrogen and oxygen atoms in total. The molecule has 0 bridgehead atoms. The Labute approximate surface area is 124 Å². The first-order chi connectivity index (χ1) is 9.85. The lowest BCUT2D eigenvalue weighted by Gasteiger charge is -2.42. The van der Waals surface area contributed by atoms with Gasteiger partial charge in [-0.25, -0.2) is 4.79 Å². The highest BCUT2D eigenvalue weighted by atomic mass is 16.5. The smallest absolute Gasteiger partial charge is 0.320 e. The molecule has 0 aliphatic carbocycles. The van der Waals surface area contributed by atoms with E-state index in [1.165, 1.54) is 0 Å². The van der Waals surface area contributed by atoms with E-state index in [0.717, 1.165) is 0 Å². The quantitative estimate of drug-likeness (QED) is 0.769. The van der Waals surface area contributed by atoms with Crippen molar-refractivity contribution in [3.63, 3.8) is 0 Å². The van der Waals surface area contributed by atoms with E-state index in [1.807, 2.05) is 6.92 Å². The minimum Gasteiger partial charge on any atom is -0.481 e. The maximum absolute atomic E-state index is 12.5. The van der Waals surface area contributed by atoms with Crippen molar-refractivity contribution in [2.24, 2.45) is 5.41 Å². The van der Waals surface area contributed by atoms with Crippen LogP contribution in [0.1, 0.15) is 26.7 Å². The van der Waals surface area contributed by atoms with Crippen molar-refractivity contribution in [2.45, 2.75) is 38.9 Å². The van der Waals surface area contributed by atoms with E-state index in [9.17, 15) is 19.8 Å². The summed E-state index contributed by atoms with van der Waals surface area (Å²) < 4.78 is 5.53. The monoisotopic (exact) mass is 300 g/mol. The number of aliphatic carboxylic acids is 1. The average molecular weight is 300 g/mol. The lowest BCUT2D eigenvalue weighted by atomic mass is 9.80. The minimum atomic E-state index is -0.796. The molecule has 2 fully saturated rings. The fraction of sp³-hybridized carbons (Fsp3) is 0.857. The molecular formula is C14H24N2O5. The molecule has 0 aromatic heterocycles. The van der Waals surface area contributed by atoms with Gasteiger partial charge in [0.25, 0.3) is 0 Å². The summed E-state index contributed by atoms with van der Waals surface area (Å²) in [5.74, 6) is -0.796. The number of likely N-dealkylation sites (tertiary alicyclic amines) is 1. The second-order valence-corrected chi connectivity index (χ2v) is 6.29. The lowest BCUT2D eigenvalue weighted by molar-refractivity contribution is -0.150. The van der Waals surface area contributed by atoms with Gasteiger partial charge >= 0.3 is 12.0 Å².